The lowest BCUT2D eigenvalue weighted by Gasteiger charge is -2.09. The van der Waals surface area contributed by atoms with Crippen LogP contribution in [0, 0.1) is 0 Å². The smallest absolute Gasteiger partial charge is 0.449 e. The molecule has 2 rings (SSSR count). The highest BCUT2D eigenvalue weighted by atomic mass is 79.9. The van der Waals surface area contributed by atoms with Crippen LogP contribution in [0.25, 0.3) is 11.1 Å². The monoisotopic (exact) mass is 292 g/mol. The topological polar surface area (TPSA) is 46.5 Å². The highest BCUT2D eigenvalue weighted by Crippen LogP contribution is 2.34. The molecular weight excluding hydrogens is 284 g/mol. The van der Waals surface area contributed by atoms with Gasteiger partial charge in [0.1, 0.15) is 5.75 Å². The van der Waals surface area contributed by atoms with Crippen LogP contribution in [0.15, 0.2) is 53.0 Å². The number of benzene rings is 2. The highest BCUT2D eigenvalue weighted by molar-refractivity contribution is 9.10. The van der Waals surface area contributed by atoms with Crippen LogP contribution in [0.1, 0.15) is 0 Å². The lowest BCUT2D eigenvalue weighted by atomic mass is 10.1. The number of rotatable bonds is 2. The number of halogens is 1. The summed E-state index contributed by atoms with van der Waals surface area (Å²) in [6.07, 6.45) is -1.32. The molecule has 17 heavy (non-hydrogen) atoms. The molecule has 0 aliphatic heterocycles. The SMILES string of the molecule is O=C(O)Oc1ccccc1-c1ccccc1Br. The minimum Gasteiger partial charge on any atom is -0.449 e. The summed E-state index contributed by atoms with van der Waals surface area (Å²) in [5, 5.41) is 8.67. The van der Waals surface area contributed by atoms with E-state index in [2.05, 4.69) is 15.9 Å². The van der Waals surface area contributed by atoms with Gasteiger partial charge in [-0.25, -0.2) is 4.79 Å². The van der Waals surface area contributed by atoms with Gasteiger partial charge in [0.05, 0.1) is 0 Å². The standard InChI is InChI=1S/C13H9BrO3/c14-11-7-3-1-5-9(11)10-6-2-4-8-12(10)17-13(15)16/h1-8H,(H,15,16). The van der Waals surface area contributed by atoms with Gasteiger partial charge in [-0.1, -0.05) is 52.3 Å². The van der Waals surface area contributed by atoms with Crippen molar-refractivity contribution >= 4 is 22.1 Å². The summed E-state index contributed by atoms with van der Waals surface area (Å²) in [5.41, 5.74) is 1.63. The first-order chi connectivity index (χ1) is 8.18. The fourth-order valence-corrected chi connectivity index (χ4v) is 2.05. The molecule has 0 bridgehead atoms. The van der Waals surface area contributed by atoms with E-state index in [1.807, 2.05) is 36.4 Å². The first kappa shape index (κ1) is 11.7. The fourth-order valence-electron chi connectivity index (χ4n) is 1.55. The molecule has 1 N–H and O–H groups in total. The Hall–Kier alpha value is -1.81. The average Bonchev–Trinajstić information content (AvgIpc) is 2.30. The third kappa shape index (κ3) is 2.65. The van der Waals surface area contributed by atoms with Crippen molar-refractivity contribution in [2.75, 3.05) is 0 Å². The number of hydrogen-bond donors (Lipinski definition) is 1. The number of carbonyl (C=O) groups is 1. The van der Waals surface area contributed by atoms with Crippen molar-refractivity contribution in [2.45, 2.75) is 0 Å². The Morgan fingerprint density at radius 2 is 1.59 bits per heavy atom. The van der Waals surface area contributed by atoms with E-state index in [4.69, 9.17) is 9.84 Å². The zero-order valence-corrected chi connectivity index (χ0v) is 10.3. The van der Waals surface area contributed by atoms with Crippen molar-refractivity contribution < 1.29 is 14.6 Å². The van der Waals surface area contributed by atoms with E-state index in [-0.39, 0.29) is 0 Å². The van der Waals surface area contributed by atoms with E-state index in [0.29, 0.717) is 5.75 Å². The Kier molecular flexibility index (Phi) is 3.44. The summed E-state index contributed by atoms with van der Waals surface area (Å²) < 4.78 is 5.64. The summed E-state index contributed by atoms with van der Waals surface area (Å²) in [6.45, 7) is 0. The molecule has 0 unspecified atom stereocenters. The molecule has 0 spiro atoms. The second-order valence-corrected chi connectivity index (χ2v) is 4.20. The molecule has 0 atom stereocenters. The van der Waals surface area contributed by atoms with Gasteiger partial charge in [0.25, 0.3) is 0 Å². The van der Waals surface area contributed by atoms with E-state index < -0.39 is 6.16 Å². The van der Waals surface area contributed by atoms with Gasteiger partial charge in [0.15, 0.2) is 0 Å². The Labute approximate surface area is 107 Å². The van der Waals surface area contributed by atoms with E-state index in [1.54, 1.807) is 12.1 Å². The van der Waals surface area contributed by atoms with Crippen LogP contribution in [0.4, 0.5) is 4.79 Å². The van der Waals surface area contributed by atoms with Gasteiger partial charge in [0, 0.05) is 10.0 Å². The first-order valence-electron chi connectivity index (χ1n) is 4.93. The average molecular weight is 293 g/mol. The van der Waals surface area contributed by atoms with E-state index in [9.17, 15) is 4.79 Å². The molecule has 86 valence electrons. The summed E-state index contributed by atoms with van der Waals surface area (Å²) >= 11 is 3.43. The van der Waals surface area contributed by atoms with Gasteiger partial charge in [-0.2, -0.15) is 0 Å². The van der Waals surface area contributed by atoms with Crippen molar-refractivity contribution in [1.82, 2.24) is 0 Å². The van der Waals surface area contributed by atoms with E-state index in [0.717, 1.165) is 15.6 Å². The molecule has 0 saturated heterocycles. The Morgan fingerprint density at radius 3 is 2.24 bits per heavy atom. The molecule has 0 aliphatic carbocycles. The van der Waals surface area contributed by atoms with Crippen LogP contribution >= 0.6 is 15.9 Å². The molecule has 0 aliphatic rings. The van der Waals surface area contributed by atoms with Gasteiger partial charge in [-0.05, 0) is 17.7 Å². The van der Waals surface area contributed by atoms with E-state index >= 15 is 0 Å². The molecular formula is C13H9BrO3. The number of ether oxygens (including phenoxy) is 1. The molecule has 0 radical (unpaired) electrons. The third-order valence-corrected chi connectivity index (χ3v) is 2.94. The molecule has 0 heterocycles. The van der Waals surface area contributed by atoms with Gasteiger partial charge >= 0.3 is 6.16 Å². The molecule has 3 nitrogen and oxygen atoms in total. The van der Waals surface area contributed by atoms with Crippen molar-refractivity contribution in [3.8, 4) is 16.9 Å². The third-order valence-electron chi connectivity index (χ3n) is 2.25. The second kappa shape index (κ2) is 5.01. The molecule has 2 aromatic carbocycles. The quantitative estimate of drug-likeness (QED) is 0.667. The second-order valence-electron chi connectivity index (χ2n) is 3.34. The number of carboxylic acid groups (broad SMARTS) is 1. The van der Waals surface area contributed by atoms with Crippen molar-refractivity contribution in [3.63, 3.8) is 0 Å². The van der Waals surface area contributed by atoms with Crippen molar-refractivity contribution in [1.29, 1.82) is 0 Å². The largest absolute Gasteiger partial charge is 0.511 e. The molecule has 2 aromatic rings. The van der Waals surface area contributed by atoms with Crippen LogP contribution in [-0.4, -0.2) is 11.3 Å². The molecule has 4 heteroatoms. The maximum atomic E-state index is 10.6. The predicted molar refractivity (Wildman–Crippen MR) is 68.2 cm³/mol. The molecule has 0 saturated carbocycles. The summed E-state index contributed by atoms with van der Waals surface area (Å²) in [4.78, 5) is 10.6. The Morgan fingerprint density at radius 1 is 1.00 bits per heavy atom. The fraction of sp³-hybridized carbons (Fsp3) is 0. The lowest BCUT2D eigenvalue weighted by Crippen LogP contribution is -2.04. The van der Waals surface area contributed by atoms with Gasteiger partial charge in [-0.3, -0.25) is 0 Å². The van der Waals surface area contributed by atoms with Crippen molar-refractivity contribution in [3.05, 3.63) is 53.0 Å². The summed E-state index contributed by atoms with van der Waals surface area (Å²) in [6, 6.07) is 14.6. The molecule has 0 aromatic heterocycles. The van der Waals surface area contributed by atoms with Crippen molar-refractivity contribution in [2.24, 2.45) is 0 Å². The molecule has 0 amide bonds. The van der Waals surface area contributed by atoms with Gasteiger partial charge in [-0.15, -0.1) is 0 Å². The minimum absolute atomic E-state index is 0.326. The van der Waals surface area contributed by atoms with Gasteiger partial charge in [0.2, 0.25) is 0 Å². The minimum atomic E-state index is -1.32. The Balaban J connectivity index is 2.52. The molecule has 0 fully saturated rings. The first-order valence-corrected chi connectivity index (χ1v) is 5.72. The zero-order chi connectivity index (χ0) is 12.3. The predicted octanol–water partition coefficient (Wildman–Crippen LogP) is 4.17. The Bertz CT molecular complexity index is 552. The van der Waals surface area contributed by atoms with Crippen LogP contribution < -0.4 is 4.74 Å². The van der Waals surface area contributed by atoms with Gasteiger partial charge < -0.3 is 9.84 Å². The number of para-hydroxylation sites is 1. The lowest BCUT2D eigenvalue weighted by molar-refractivity contribution is 0.144. The maximum Gasteiger partial charge on any atom is 0.511 e. The highest BCUT2D eigenvalue weighted by Gasteiger charge is 2.10. The van der Waals surface area contributed by atoms with E-state index in [1.165, 1.54) is 0 Å². The maximum absolute atomic E-state index is 10.6. The van der Waals surface area contributed by atoms with Crippen LogP contribution in [0.3, 0.4) is 0 Å². The van der Waals surface area contributed by atoms with Crippen LogP contribution in [0.2, 0.25) is 0 Å². The zero-order valence-electron chi connectivity index (χ0n) is 8.76. The normalized spacial score (nSPS) is 9.94. The summed E-state index contributed by atoms with van der Waals surface area (Å²) in [5.74, 6) is 0.326. The number of hydrogen-bond acceptors (Lipinski definition) is 2. The van der Waals surface area contributed by atoms with Crippen LogP contribution in [-0.2, 0) is 0 Å². The van der Waals surface area contributed by atoms with Crippen LogP contribution in [0.5, 0.6) is 5.75 Å². The summed E-state index contributed by atoms with van der Waals surface area (Å²) in [7, 11) is 0.